The maximum absolute atomic E-state index is 11.6. The van der Waals surface area contributed by atoms with Crippen LogP contribution in [0.4, 0.5) is 5.69 Å². The normalized spacial score (nSPS) is 11.9. The highest BCUT2D eigenvalue weighted by Crippen LogP contribution is 2.20. The Hall–Kier alpha value is -1.55. The van der Waals surface area contributed by atoms with Crippen molar-refractivity contribution in [2.45, 2.75) is 20.3 Å². The maximum atomic E-state index is 11.6. The molecule has 0 bridgehead atoms. The van der Waals surface area contributed by atoms with Crippen LogP contribution >= 0.6 is 11.6 Å². The minimum atomic E-state index is -0.983. The molecule has 0 radical (unpaired) electrons. The van der Waals surface area contributed by atoms with Gasteiger partial charge < -0.3 is 10.4 Å². The minimum absolute atomic E-state index is 0.0543. The molecule has 1 rings (SSSR count). The number of hydrogen-bond donors (Lipinski definition) is 2. The second-order valence-electron chi connectivity index (χ2n) is 3.95. The van der Waals surface area contributed by atoms with Gasteiger partial charge in [-0.3, -0.25) is 9.59 Å². The monoisotopic (exact) mass is 255 g/mol. The summed E-state index contributed by atoms with van der Waals surface area (Å²) in [4.78, 5) is 22.2. The molecule has 1 unspecified atom stereocenters. The number of anilines is 1. The molecule has 5 heteroatoms. The molecule has 1 aromatic rings. The number of carbonyl (C=O) groups excluding carboxylic acids is 1. The molecule has 0 heterocycles. The summed E-state index contributed by atoms with van der Waals surface area (Å²) >= 11 is 5.81. The Morgan fingerprint density at radius 2 is 2.12 bits per heavy atom. The summed E-state index contributed by atoms with van der Waals surface area (Å²) in [5.41, 5.74) is 1.49. The largest absolute Gasteiger partial charge is 0.481 e. The van der Waals surface area contributed by atoms with Crippen LogP contribution < -0.4 is 5.32 Å². The van der Waals surface area contributed by atoms with Crippen LogP contribution in [-0.2, 0) is 9.59 Å². The predicted octanol–water partition coefficient (Wildman–Crippen LogP) is 2.70. The fraction of sp³-hybridized carbons (Fsp3) is 0.333. The van der Waals surface area contributed by atoms with Crippen molar-refractivity contribution in [1.29, 1.82) is 0 Å². The summed E-state index contributed by atoms with van der Waals surface area (Å²) in [7, 11) is 0. The number of hydrogen-bond acceptors (Lipinski definition) is 2. The predicted molar refractivity (Wildman–Crippen MR) is 66.2 cm³/mol. The minimum Gasteiger partial charge on any atom is -0.481 e. The quantitative estimate of drug-likeness (QED) is 0.869. The van der Waals surface area contributed by atoms with Gasteiger partial charge in [-0.1, -0.05) is 24.6 Å². The molecule has 1 atom stereocenters. The molecule has 17 heavy (non-hydrogen) atoms. The van der Waals surface area contributed by atoms with Crippen molar-refractivity contribution in [2.24, 2.45) is 5.92 Å². The van der Waals surface area contributed by atoms with Crippen LogP contribution in [0, 0.1) is 12.8 Å². The van der Waals surface area contributed by atoms with E-state index in [-0.39, 0.29) is 12.3 Å². The van der Waals surface area contributed by atoms with Crippen molar-refractivity contribution in [3.05, 3.63) is 28.8 Å². The number of halogens is 1. The highest BCUT2D eigenvalue weighted by Gasteiger charge is 2.16. The zero-order valence-corrected chi connectivity index (χ0v) is 10.4. The Morgan fingerprint density at radius 3 is 2.71 bits per heavy atom. The first-order valence-electron chi connectivity index (χ1n) is 5.19. The van der Waals surface area contributed by atoms with E-state index in [1.807, 2.05) is 6.92 Å². The van der Waals surface area contributed by atoms with Gasteiger partial charge in [0.25, 0.3) is 0 Å². The molecule has 0 saturated carbocycles. The first kappa shape index (κ1) is 13.5. The first-order valence-corrected chi connectivity index (χ1v) is 5.56. The average molecular weight is 256 g/mol. The van der Waals surface area contributed by atoms with E-state index in [9.17, 15) is 9.59 Å². The van der Waals surface area contributed by atoms with Crippen molar-refractivity contribution < 1.29 is 14.7 Å². The van der Waals surface area contributed by atoms with Crippen LogP contribution in [0.25, 0.3) is 0 Å². The molecule has 0 spiro atoms. The Kier molecular flexibility index (Phi) is 4.52. The lowest BCUT2D eigenvalue weighted by atomic mass is 10.1. The van der Waals surface area contributed by atoms with Gasteiger partial charge in [0.05, 0.1) is 5.92 Å². The van der Waals surface area contributed by atoms with E-state index in [1.165, 1.54) is 6.92 Å². The van der Waals surface area contributed by atoms with Crippen LogP contribution in [0.5, 0.6) is 0 Å². The summed E-state index contributed by atoms with van der Waals surface area (Å²) in [6.07, 6.45) is -0.0543. The van der Waals surface area contributed by atoms with Gasteiger partial charge in [-0.2, -0.15) is 0 Å². The molecule has 2 N–H and O–H groups in total. The van der Waals surface area contributed by atoms with E-state index in [0.717, 1.165) is 5.56 Å². The van der Waals surface area contributed by atoms with Crippen molar-refractivity contribution in [3.8, 4) is 0 Å². The van der Waals surface area contributed by atoms with E-state index in [1.54, 1.807) is 18.2 Å². The Balaban J connectivity index is 2.68. The summed E-state index contributed by atoms with van der Waals surface area (Å²) in [5.74, 6) is -2.01. The van der Waals surface area contributed by atoms with Crippen LogP contribution in [0.3, 0.4) is 0 Å². The lowest BCUT2D eigenvalue weighted by Crippen LogP contribution is -2.20. The smallest absolute Gasteiger partial charge is 0.306 e. The topological polar surface area (TPSA) is 66.4 Å². The third kappa shape index (κ3) is 4.07. The van der Waals surface area contributed by atoms with Gasteiger partial charge >= 0.3 is 5.97 Å². The third-order valence-electron chi connectivity index (χ3n) is 2.39. The Labute approximate surface area is 105 Å². The fourth-order valence-corrected chi connectivity index (χ4v) is 1.47. The molecule has 0 aliphatic rings. The van der Waals surface area contributed by atoms with Crippen LogP contribution in [-0.4, -0.2) is 17.0 Å². The number of rotatable bonds is 4. The molecule has 0 aliphatic heterocycles. The Bertz CT molecular complexity index is 445. The van der Waals surface area contributed by atoms with Gasteiger partial charge in [-0.15, -0.1) is 0 Å². The molecule has 0 fully saturated rings. The molecule has 0 aliphatic carbocycles. The number of carboxylic acids is 1. The number of benzene rings is 1. The second kappa shape index (κ2) is 5.68. The molecule has 92 valence electrons. The summed E-state index contributed by atoms with van der Waals surface area (Å²) in [5, 5.41) is 11.9. The van der Waals surface area contributed by atoms with E-state index >= 15 is 0 Å². The summed E-state index contributed by atoms with van der Waals surface area (Å²) < 4.78 is 0. The van der Waals surface area contributed by atoms with E-state index in [4.69, 9.17) is 16.7 Å². The Morgan fingerprint density at radius 1 is 1.47 bits per heavy atom. The maximum Gasteiger partial charge on any atom is 0.306 e. The molecule has 0 aromatic heterocycles. The molecule has 1 amide bonds. The van der Waals surface area contributed by atoms with Crippen LogP contribution in [0.1, 0.15) is 18.9 Å². The molecule has 1 aromatic carbocycles. The lowest BCUT2D eigenvalue weighted by molar-refractivity contribution is -0.142. The average Bonchev–Trinajstić information content (AvgIpc) is 2.23. The summed E-state index contributed by atoms with van der Waals surface area (Å²) in [6.45, 7) is 3.33. The number of carbonyl (C=O) groups is 2. The van der Waals surface area contributed by atoms with Crippen LogP contribution in [0.15, 0.2) is 18.2 Å². The van der Waals surface area contributed by atoms with Gasteiger partial charge in [0.2, 0.25) is 5.91 Å². The van der Waals surface area contributed by atoms with Crippen molar-refractivity contribution in [2.75, 3.05) is 5.32 Å². The van der Waals surface area contributed by atoms with E-state index in [2.05, 4.69) is 5.32 Å². The van der Waals surface area contributed by atoms with Gasteiger partial charge in [-0.05, 0) is 24.6 Å². The molecule has 4 nitrogen and oxygen atoms in total. The van der Waals surface area contributed by atoms with E-state index < -0.39 is 11.9 Å². The lowest BCUT2D eigenvalue weighted by Gasteiger charge is -2.10. The zero-order chi connectivity index (χ0) is 13.0. The SMILES string of the molecule is Cc1ccc(Cl)cc1NC(=O)CC(C)C(=O)O. The van der Waals surface area contributed by atoms with E-state index in [0.29, 0.717) is 10.7 Å². The molecular formula is C12H14ClNO3. The molecule has 0 saturated heterocycles. The number of aryl methyl sites for hydroxylation is 1. The number of carboxylic acid groups (broad SMARTS) is 1. The van der Waals surface area contributed by atoms with Gasteiger partial charge in [0.15, 0.2) is 0 Å². The van der Waals surface area contributed by atoms with Crippen molar-refractivity contribution >= 4 is 29.2 Å². The number of aliphatic carboxylic acids is 1. The summed E-state index contributed by atoms with van der Waals surface area (Å²) in [6, 6.07) is 5.16. The molecular weight excluding hydrogens is 242 g/mol. The van der Waals surface area contributed by atoms with Crippen LogP contribution in [0.2, 0.25) is 5.02 Å². The third-order valence-corrected chi connectivity index (χ3v) is 2.62. The van der Waals surface area contributed by atoms with Gasteiger partial charge in [0, 0.05) is 17.1 Å². The highest BCUT2D eigenvalue weighted by molar-refractivity contribution is 6.31. The number of amides is 1. The van der Waals surface area contributed by atoms with Crippen molar-refractivity contribution in [1.82, 2.24) is 0 Å². The van der Waals surface area contributed by atoms with Gasteiger partial charge in [0.1, 0.15) is 0 Å². The standard InChI is InChI=1S/C12H14ClNO3/c1-7-3-4-9(13)6-10(7)14-11(15)5-8(2)12(16)17/h3-4,6,8H,5H2,1-2H3,(H,14,15)(H,16,17). The zero-order valence-electron chi connectivity index (χ0n) is 9.66. The first-order chi connectivity index (χ1) is 7.90. The highest BCUT2D eigenvalue weighted by atomic mass is 35.5. The fourth-order valence-electron chi connectivity index (χ4n) is 1.30. The number of nitrogens with one attached hydrogen (secondary N) is 1. The van der Waals surface area contributed by atoms with Gasteiger partial charge in [-0.25, -0.2) is 0 Å². The second-order valence-corrected chi connectivity index (χ2v) is 4.39. The van der Waals surface area contributed by atoms with Crippen molar-refractivity contribution in [3.63, 3.8) is 0 Å².